The van der Waals surface area contributed by atoms with Crippen molar-refractivity contribution in [3.05, 3.63) is 24.3 Å². The second-order valence-electron chi connectivity index (χ2n) is 3.58. The summed E-state index contributed by atoms with van der Waals surface area (Å²) in [5.41, 5.74) is 7.01. The predicted octanol–water partition coefficient (Wildman–Crippen LogP) is 1.29. The smallest absolute Gasteiger partial charge is 0.260 e. The number of rotatable bonds is 5. The van der Waals surface area contributed by atoms with Gasteiger partial charge in [0.25, 0.3) is 5.89 Å². The number of hydrogen-bond acceptors (Lipinski definition) is 6. The highest BCUT2D eigenvalue weighted by Crippen LogP contribution is 2.22. The van der Waals surface area contributed by atoms with Gasteiger partial charge < -0.3 is 15.0 Å². The Morgan fingerprint density at radius 2 is 2.35 bits per heavy atom. The first-order chi connectivity index (χ1) is 8.31. The summed E-state index contributed by atoms with van der Waals surface area (Å²) < 4.78 is 10.1. The molecule has 2 heterocycles. The quantitative estimate of drug-likeness (QED) is 0.784. The van der Waals surface area contributed by atoms with Crippen LogP contribution in [0, 0.1) is 0 Å². The van der Waals surface area contributed by atoms with Crippen molar-refractivity contribution in [3.8, 4) is 11.5 Å². The van der Waals surface area contributed by atoms with Gasteiger partial charge >= 0.3 is 0 Å². The van der Waals surface area contributed by atoms with Gasteiger partial charge in [-0.05, 0) is 12.5 Å². The molecule has 2 N–H and O–H groups in total. The minimum atomic E-state index is 0.428. The number of nitrogens with zero attached hydrogens (tertiary/aromatic N) is 3. The van der Waals surface area contributed by atoms with E-state index in [1.54, 1.807) is 25.6 Å². The normalized spacial score (nSPS) is 10.6. The Morgan fingerprint density at radius 3 is 3.12 bits per heavy atom. The number of nitrogen functional groups attached to an aromatic ring is 1. The van der Waals surface area contributed by atoms with Crippen LogP contribution in [-0.4, -0.2) is 28.8 Å². The minimum absolute atomic E-state index is 0.428. The van der Waals surface area contributed by atoms with Gasteiger partial charge in [0.2, 0.25) is 0 Å². The lowest BCUT2D eigenvalue weighted by atomic mass is 10.2. The van der Waals surface area contributed by atoms with E-state index in [4.69, 9.17) is 15.0 Å². The summed E-state index contributed by atoms with van der Waals surface area (Å²) in [6.07, 6.45) is 4.79. The Kier molecular flexibility index (Phi) is 3.66. The van der Waals surface area contributed by atoms with Crippen LogP contribution in [0.1, 0.15) is 12.2 Å². The second kappa shape index (κ2) is 5.40. The highest BCUT2D eigenvalue weighted by atomic mass is 16.5. The molecule has 0 bridgehead atoms. The summed E-state index contributed by atoms with van der Waals surface area (Å²) in [4.78, 5) is 8.18. The van der Waals surface area contributed by atoms with Crippen molar-refractivity contribution in [2.45, 2.75) is 12.8 Å². The largest absolute Gasteiger partial charge is 0.397 e. The number of methoxy groups -OCH3 is 1. The molecular weight excluding hydrogens is 220 g/mol. The molecule has 0 spiro atoms. The van der Waals surface area contributed by atoms with E-state index >= 15 is 0 Å². The molecule has 6 nitrogen and oxygen atoms in total. The molecule has 90 valence electrons. The zero-order valence-electron chi connectivity index (χ0n) is 9.59. The zero-order chi connectivity index (χ0) is 12.1. The van der Waals surface area contributed by atoms with Gasteiger partial charge in [0.1, 0.15) is 0 Å². The third kappa shape index (κ3) is 2.79. The van der Waals surface area contributed by atoms with Crippen molar-refractivity contribution in [2.24, 2.45) is 0 Å². The molecule has 0 radical (unpaired) electrons. The minimum Gasteiger partial charge on any atom is -0.397 e. The zero-order valence-corrected chi connectivity index (χ0v) is 9.59. The SMILES string of the molecule is COCCCc1noc(-c2ccncc2N)n1. The third-order valence-electron chi connectivity index (χ3n) is 2.30. The second-order valence-corrected chi connectivity index (χ2v) is 3.58. The van der Waals surface area contributed by atoms with Gasteiger partial charge in [0, 0.05) is 26.3 Å². The van der Waals surface area contributed by atoms with Crippen LogP contribution < -0.4 is 5.73 Å². The van der Waals surface area contributed by atoms with Crippen LogP contribution in [0.2, 0.25) is 0 Å². The Balaban J connectivity index is 2.10. The molecular formula is C11H14N4O2. The fourth-order valence-electron chi connectivity index (χ4n) is 1.44. The molecule has 0 saturated carbocycles. The first-order valence-corrected chi connectivity index (χ1v) is 5.32. The van der Waals surface area contributed by atoms with Crippen LogP contribution in [-0.2, 0) is 11.2 Å². The van der Waals surface area contributed by atoms with Gasteiger partial charge in [-0.3, -0.25) is 4.98 Å². The number of aromatic nitrogens is 3. The highest BCUT2D eigenvalue weighted by molar-refractivity contribution is 5.68. The molecule has 0 aliphatic rings. The average Bonchev–Trinajstić information content (AvgIpc) is 2.79. The maximum Gasteiger partial charge on any atom is 0.260 e. The lowest BCUT2D eigenvalue weighted by Crippen LogP contribution is -1.94. The molecule has 0 aromatic carbocycles. The number of nitrogens with two attached hydrogens (primary N) is 1. The van der Waals surface area contributed by atoms with Crippen LogP contribution in [0.25, 0.3) is 11.5 Å². The topological polar surface area (TPSA) is 87.1 Å². The summed E-state index contributed by atoms with van der Waals surface area (Å²) in [6.45, 7) is 0.682. The number of anilines is 1. The van der Waals surface area contributed by atoms with Crippen molar-refractivity contribution in [2.75, 3.05) is 19.5 Å². The van der Waals surface area contributed by atoms with E-state index in [0.29, 0.717) is 29.6 Å². The first-order valence-electron chi connectivity index (χ1n) is 5.32. The third-order valence-corrected chi connectivity index (χ3v) is 2.30. The molecule has 0 amide bonds. The Bertz CT molecular complexity index is 484. The summed E-state index contributed by atoms with van der Waals surface area (Å²) in [6, 6.07) is 1.75. The van der Waals surface area contributed by atoms with E-state index in [9.17, 15) is 0 Å². The van der Waals surface area contributed by atoms with E-state index in [-0.39, 0.29) is 0 Å². The monoisotopic (exact) mass is 234 g/mol. The molecule has 2 rings (SSSR count). The van der Waals surface area contributed by atoms with E-state index in [0.717, 1.165) is 12.8 Å². The van der Waals surface area contributed by atoms with Crippen molar-refractivity contribution in [3.63, 3.8) is 0 Å². The molecule has 0 saturated heterocycles. The van der Waals surface area contributed by atoms with Crippen LogP contribution in [0.4, 0.5) is 5.69 Å². The van der Waals surface area contributed by atoms with Gasteiger partial charge in [-0.1, -0.05) is 5.16 Å². The van der Waals surface area contributed by atoms with Gasteiger partial charge in [-0.15, -0.1) is 0 Å². The van der Waals surface area contributed by atoms with Crippen LogP contribution in [0.3, 0.4) is 0 Å². The van der Waals surface area contributed by atoms with E-state index in [2.05, 4.69) is 15.1 Å². The fourth-order valence-corrected chi connectivity index (χ4v) is 1.44. The van der Waals surface area contributed by atoms with Gasteiger partial charge in [0.05, 0.1) is 17.4 Å². The maximum absolute atomic E-state index is 5.77. The number of aryl methyl sites for hydroxylation is 1. The lowest BCUT2D eigenvalue weighted by Gasteiger charge is -1.97. The Morgan fingerprint density at radius 1 is 1.47 bits per heavy atom. The van der Waals surface area contributed by atoms with E-state index in [1.807, 2.05) is 0 Å². The maximum atomic E-state index is 5.77. The fraction of sp³-hybridized carbons (Fsp3) is 0.364. The van der Waals surface area contributed by atoms with Crippen molar-refractivity contribution in [1.29, 1.82) is 0 Å². The molecule has 2 aromatic rings. The van der Waals surface area contributed by atoms with Crippen molar-refractivity contribution >= 4 is 5.69 Å². The van der Waals surface area contributed by atoms with E-state index in [1.165, 1.54) is 0 Å². The van der Waals surface area contributed by atoms with Gasteiger partial charge in [-0.25, -0.2) is 0 Å². The van der Waals surface area contributed by atoms with Crippen molar-refractivity contribution in [1.82, 2.24) is 15.1 Å². The number of ether oxygens (including phenoxy) is 1. The number of hydrogen-bond donors (Lipinski definition) is 1. The summed E-state index contributed by atoms with van der Waals surface area (Å²) in [5.74, 6) is 1.09. The first kappa shape index (κ1) is 11.5. The van der Waals surface area contributed by atoms with Gasteiger partial charge in [-0.2, -0.15) is 4.98 Å². The van der Waals surface area contributed by atoms with Gasteiger partial charge in [0.15, 0.2) is 5.82 Å². The molecule has 0 atom stereocenters. The molecule has 0 aliphatic carbocycles. The standard InChI is InChI=1S/C11H14N4O2/c1-16-6-2-3-10-14-11(17-15-10)8-4-5-13-7-9(8)12/h4-5,7H,2-3,6,12H2,1H3. The predicted molar refractivity (Wildman–Crippen MR) is 62.1 cm³/mol. The summed E-state index contributed by atoms with van der Waals surface area (Å²) in [7, 11) is 1.67. The van der Waals surface area contributed by atoms with Crippen LogP contribution >= 0.6 is 0 Å². The van der Waals surface area contributed by atoms with E-state index < -0.39 is 0 Å². The molecule has 6 heteroatoms. The summed E-state index contributed by atoms with van der Waals surface area (Å²) >= 11 is 0. The van der Waals surface area contributed by atoms with Crippen molar-refractivity contribution < 1.29 is 9.26 Å². The summed E-state index contributed by atoms with van der Waals surface area (Å²) in [5, 5.41) is 3.89. The highest BCUT2D eigenvalue weighted by Gasteiger charge is 2.11. The molecule has 2 aromatic heterocycles. The molecule has 0 fully saturated rings. The van der Waals surface area contributed by atoms with Crippen LogP contribution in [0.5, 0.6) is 0 Å². The Hall–Kier alpha value is -1.95. The number of pyridine rings is 1. The average molecular weight is 234 g/mol. The Labute approximate surface area is 98.8 Å². The molecule has 0 aliphatic heterocycles. The van der Waals surface area contributed by atoms with Crippen LogP contribution in [0.15, 0.2) is 23.0 Å². The lowest BCUT2D eigenvalue weighted by molar-refractivity contribution is 0.194. The molecule has 0 unspecified atom stereocenters. The molecule has 17 heavy (non-hydrogen) atoms.